The second-order valence-electron chi connectivity index (χ2n) is 5.82. The highest BCUT2D eigenvalue weighted by Crippen LogP contribution is 2.12. The predicted octanol–water partition coefficient (Wildman–Crippen LogP) is 0.976. The van der Waals surface area contributed by atoms with Crippen molar-refractivity contribution < 1.29 is 13.2 Å². The summed E-state index contributed by atoms with van der Waals surface area (Å²) in [4.78, 5) is 24.1. The molecule has 0 unspecified atom stereocenters. The summed E-state index contributed by atoms with van der Waals surface area (Å²) in [5.41, 5.74) is 0.493. The molecule has 7 nitrogen and oxygen atoms in total. The highest BCUT2D eigenvalue weighted by atomic mass is 32.2. The molecule has 0 aliphatic rings. The van der Waals surface area contributed by atoms with E-state index in [1.807, 2.05) is 37.3 Å². The topological polar surface area (TPSA) is 88.5 Å². The Bertz CT molecular complexity index is 905. The summed E-state index contributed by atoms with van der Waals surface area (Å²) in [6.07, 6.45) is 1.18. The Morgan fingerprint density at radius 2 is 1.80 bits per heavy atom. The van der Waals surface area contributed by atoms with Gasteiger partial charge in [-0.1, -0.05) is 30.3 Å². The summed E-state index contributed by atoms with van der Waals surface area (Å²) >= 11 is 0. The summed E-state index contributed by atoms with van der Waals surface area (Å²) in [6.45, 7) is 1.58. The van der Waals surface area contributed by atoms with Crippen LogP contribution in [0.1, 0.15) is 18.5 Å². The van der Waals surface area contributed by atoms with Gasteiger partial charge in [-0.05, 0) is 18.6 Å². The van der Waals surface area contributed by atoms with E-state index in [9.17, 15) is 18.0 Å². The van der Waals surface area contributed by atoms with Gasteiger partial charge in [0.15, 0.2) is 0 Å². The van der Waals surface area contributed by atoms with Crippen LogP contribution in [0.5, 0.6) is 0 Å². The van der Waals surface area contributed by atoms with Crippen LogP contribution in [0.3, 0.4) is 0 Å². The molecule has 0 saturated heterocycles. The van der Waals surface area contributed by atoms with Crippen molar-refractivity contribution in [3.8, 4) is 0 Å². The average molecular weight is 363 g/mol. The minimum Gasteiger partial charge on any atom is -0.348 e. The van der Waals surface area contributed by atoms with E-state index in [1.54, 1.807) is 0 Å². The Hall–Kier alpha value is -2.45. The lowest BCUT2D eigenvalue weighted by atomic mass is 10.1. The number of pyridine rings is 1. The van der Waals surface area contributed by atoms with Gasteiger partial charge in [0.2, 0.25) is 15.9 Å². The van der Waals surface area contributed by atoms with Crippen molar-refractivity contribution in [1.82, 2.24) is 14.2 Å². The largest absolute Gasteiger partial charge is 0.348 e. The van der Waals surface area contributed by atoms with Crippen LogP contribution in [-0.4, -0.2) is 37.3 Å². The lowest BCUT2D eigenvalue weighted by molar-refractivity contribution is -0.122. The van der Waals surface area contributed by atoms with Gasteiger partial charge in [-0.3, -0.25) is 9.59 Å². The smallest absolute Gasteiger partial charge is 0.251 e. The zero-order valence-corrected chi connectivity index (χ0v) is 15.2. The van der Waals surface area contributed by atoms with Crippen molar-refractivity contribution in [2.75, 3.05) is 14.1 Å². The first-order valence-electron chi connectivity index (χ1n) is 7.69. The summed E-state index contributed by atoms with van der Waals surface area (Å²) in [5.74, 6) is -0.377. The fraction of sp³-hybridized carbons (Fsp3) is 0.294. The number of nitrogens with zero attached hydrogens (tertiary/aromatic N) is 2. The highest BCUT2D eigenvalue weighted by Gasteiger charge is 2.19. The molecule has 0 radical (unpaired) electrons. The van der Waals surface area contributed by atoms with Gasteiger partial charge in [-0.15, -0.1) is 0 Å². The number of aromatic nitrogens is 1. The third-order valence-corrected chi connectivity index (χ3v) is 5.52. The third-order valence-electron chi connectivity index (χ3n) is 3.73. The fourth-order valence-corrected chi connectivity index (χ4v) is 3.19. The van der Waals surface area contributed by atoms with E-state index in [2.05, 4.69) is 5.32 Å². The standard InChI is InChI=1S/C17H21N3O4S/c1-13(14-7-5-4-6-8-14)18-16(21)12-20-11-15(9-10-17(20)22)25(23,24)19(2)3/h4-11,13H,12H2,1-3H3,(H,18,21)/t13-/m0/s1. The minimum atomic E-state index is -3.68. The van der Waals surface area contributed by atoms with Crippen molar-refractivity contribution in [2.24, 2.45) is 0 Å². The van der Waals surface area contributed by atoms with Gasteiger partial charge in [0.25, 0.3) is 5.56 Å². The number of sulfonamides is 1. The predicted molar refractivity (Wildman–Crippen MR) is 94.6 cm³/mol. The van der Waals surface area contributed by atoms with E-state index in [0.717, 1.165) is 20.5 Å². The fourth-order valence-electron chi connectivity index (χ4n) is 2.26. The number of hydrogen-bond donors (Lipinski definition) is 1. The zero-order valence-electron chi connectivity index (χ0n) is 14.3. The maximum atomic E-state index is 12.2. The second kappa shape index (κ2) is 7.62. The van der Waals surface area contributed by atoms with Crippen molar-refractivity contribution in [3.05, 3.63) is 64.6 Å². The van der Waals surface area contributed by atoms with E-state index >= 15 is 0 Å². The van der Waals surface area contributed by atoms with Crippen molar-refractivity contribution in [2.45, 2.75) is 24.4 Å². The maximum absolute atomic E-state index is 12.2. The maximum Gasteiger partial charge on any atom is 0.251 e. The van der Waals surface area contributed by atoms with Crippen LogP contribution in [0.2, 0.25) is 0 Å². The van der Waals surface area contributed by atoms with Crippen LogP contribution in [0, 0.1) is 0 Å². The van der Waals surface area contributed by atoms with Gasteiger partial charge in [-0.2, -0.15) is 0 Å². The molecule has 0 saturated carbocycles. The highest BCUT2D eigenvalue weighted by molar-refractivity contribution is 7.89. The van der Waals surface area contributed by atoms with E-state index in [1.165, 1.54) is 26.4 Å². The van der Waals surface area contributed by atoms with Crippen molar-refractivity contribution >= 4 is 15.9 Å². The SMILES string of the molecule is C[C@H](NC(=O)Cn1cc(S(=O)(=O)N(C)C)ccc1=O)c1ccccc1. The Balaban J connectivity index is 2.17. The van der Waals surface area contributed by atoms with Gasteiger partial charge in [0, 0.05) is 26.4 Å². The van der Waals surface area contributed by atoms with E-state index in [4.69, 9.17) is 0 Å². The molecule has 0 spiro atoms. The van der Waals surface area contributed by atoms with Gasteiger partial charge in [0.05, 0.1) is 10.9 Å². The summed E-state index contributed by atoms with van der Waals surface area (Å²) in [6, 6.07) is 11.6. The molecule has 8 heteroatoms. The third kappa shape index (κ3) is 4.55. The molecule has 0 fully saturated rings. The number of hydrogen-bond acceptors (Lipinski definition) is 4. The number of amides is 1. The van der Waals surface area contributed by atoms with Crippen LogP contribution in [0.4, 0.5) is 0 Å². The Labute approximate surface area is 147 Å². The first kappa shape index (κ1) is 18.9. The second-order valence-corrected chi connectivity index (χ2v) is 7.97. The monoisotopic (exact) mass is 363 g/mol. The summed E-state index contributed by atoms with van der Waals surface area (Å²) < 4.78 is 26.4. The van der Waals surface area contributed by atoms with Gasteiger partial charge < -0.3 is 9.88 Å². The minimum absolute atomic E-state index is 0.0407. The summed E-state index contributed by atoms with van der Waals surface area (Å²) in [5, 5.41) is 2.79. The van der Waals surface area contributed by atoms with E-state index in [-0.39, 0.29) is 23.4 Å². The number of benzene rings is 1. The molecule has 2 aromatic rings. The zero-order chi connectivity index (χ0) is 18.6. The van der Waals surface area contributed by atoms with Gasteiger partial charge in [0.1, 0.15) is 6.54 Å². The van der Waals surface area contributed by atoms with Gasteiger partial charge >= 0.3 is 0 Å². The van der Waals surface area contributed by atoms with Crippen molar-refractivity contribution in [1.29, 1.82) is 0 Å². The van der Waals surface area contributed by atoms with Crippen LogP contribution in [0.25, 0.3) is 0 Å². The molecule has 25 heavy (non-hydrogen) atoms. The molecule has 1 aromatic carbocycles. The molecular weight excluding hydrogens is 342 g/mol. The molecule has 1 heterocycles. The Morgan fingerprint density at radius 3 is 2.40 bits per heavy atom. The first-order chi connectivity index (χ1) is 11.7. The molecule has 1 N–H and O–H groups in total. The molecule has 0 aliphatic carbocycles. The number of rotatable bonds is 6. The van der Waals surface area contributed by atoms with Gasteiger partial charge in [-0.25, -0.2) is 12.7 Å². The molecule has 0 bridgehead atoms. The van der Waals surface area contributed by atoms with Crippen LogP contribution < -0.4 is 10.9 Å². The Morgan fingerprint density at radius 1 is 1.16 bits per heavy atom. The average Bonchev–Trinajstić information content (AvgIpc) is 2.57. The van der Waals surface area contributed by atoms with Crippen LogP contribution in [0.15, 0.2) is 58.4 Å². The molecule has 1 atom stereocenters. The molecule has 1 amide bonds. The van der Waals surface area contributed by atoms with E-state index in [0.29, 0.717) is 0 Å². The number of carbonyl (C=O) groups is 1. The quantitative estimate of drug-likeness (QED) is 0.828. The molecular formula is C17H21N3O4S. The molecule has 1 aromatic heterocycles. The number of nitrogens with one attached hydrogen (secondary N) is 1. The van der Waals surface area contributed by atoms with Crippen LogP contribution in [-0.2, 0) is 21.4 Å². The molecule has 0 aliphatic heterocycles. The lowest BCUT2D eigenvalue weighted by Gasteiger charge is -2.16. The summed E-state index contributed by atoms with van der Waals surface area (Å²) in [7, 11) is -0.872. The number of carbonyl (C=O) groups excluding carboxylic acids is 1. The molecule has 2 rings (SSSR count). The first-order valence-corrected chi connectivity index (χ1v) is 9.13. The van der Waals surface area contributed by atoms with Crippen LogP contribution >= 0.6 is 0 Å². The Kier molecular flexibility index (Phi) is 5.76. The molecule has 134 valence electrons. The normalized spacial score (nSPS) is 12.8. The van der Waals surface area contributed by atoms with E-state index < -0.39 is 15.6 Å². The lowest BCUT2D eigenvalue weighted by Crippen LogP contribution is -2.34. The van der Waals surface area contributed by atoms with Crippen molar-refractivity contribution in [3.63, 3.8) is 0 Å².